The molecule has 15 heavy (non-hydrogen) atoms. The number of nitrogens with zero attached hydrogens (tertiary/aromatic N) is 1. The van der Waals surface area contributed by atoms with Gasteiger partial charge in [0.15, 0.2) is 0 Å². The molecule has 2 fully saturated rings. The standard InChI is InChI=1S/C11H20N2O2/c1-9(2)10(14)13-5-3-11(7-13)8-15-6-4-12-11/h9,12H,3-8H2,1-2H3. The SMILES string of the molecule is CC(C)C(=O)N1CCC2(COCCN2)C1. The molecular weight excluding hydrogens is 192 g/mol. The summed E-state index contributed by atoms with van der Waals surface area (Å²) in [6, 6.07) is 0. The molecular formula is C11H20N2O2. The first kappa shape index (κ1) is 10.9. The Hall–Kier alpha value is -0.610. The molecule has 1 spiro atoms. The topological polar surface area (TPSA) is 41.6 Å². The Morgan fingerprint density at radius 2 is 2.33 bits per heavy atom. The molecule has 0 aliphatic carbocycles. The Kier molecular flexibility index (Phi) is 2.98. The van der Waals surface area contributed by atoms with Crippen molar-refractivity contribution >= 4 is 5.91 Å². The van der Waals surface area contributed by atoms with Gasteiger partial charge in [0.25, 0.3) is 0 Å². The van der Waals surface area contributed by atoms with Gasteiger partial charge in [-0.2, -0.15) is 0 Å². The minimum Gasteiger partial charge on any atom is -0.378 e. The number of hydrogen-bond donors (Lipinski definition) is 1. The van der Waals surface area contributed by atoms with Crippen LogP contribution in [-0.2, 0) is 9.53 Å². The highest BCUT2D eigenvalue weighted by Crippen LogP contribution is 2.24. The van der Waals surface area contributed by atoms with E-state index in [1.54, 1.807) is 0 Å². The zero-order valence-corrected chi connectivity index (χ0v) is 9.58. The van der Waals surface area contributed by atoms with Crippen molar-refractivity contribution in [2.45, 2.75) is 25.8 Å². The number of amides is 1. The Morgan fingerprint density at radius 1 is 1.53 bits per heavy atom. The predicted octanol–water partition coefficient (Wildman–Crippen LogP) is 0.233. The minimum absolute atomic E-state index is 0.0444. The van der Waals surface area contributed by atoms with Crippen molar-refractivity contribution in [2.75, 3.05) is 32.8 Å². The fourth-order valence-electron chi connectivity index (χ4n) is 2.39. The number of nitrogens with one attached hydrogen (secondary N) is 1. The molecule has 2 aliphatic heterocycles. The third-order valence-corrected chi connectivity index (χ3v) is 3.28. The molecule has 0 aromatic heterocycles. The van der Waals surface area contributed by atoms with Crippen molar-refractivity contribution in [1.29, 1.82) is 0 Å². The lowest BCUT2D eigenvalue weighted by molar-refractivity contribution is -0.133. The average molecular weight is 212 g/mol. The molecule has 0 bridgehead atoms. The maximum atomic E-state index is 11.8. The molecule has 86 valence electrons. The Bertz CT molecular complexity index is 247. The van der Waals surface area contributed by atoms with E-state index in [0.717, 1.165) is 39.3 Å². The van der Waals surface area contributed by atoms with Crippen LogP contribution in [0.5, 0.6) is 0 Å². The van der Waals surface area contributed by atoms with E-state index in [0.29, 0.717) is 0 Å². The minimum atomic E-state index is 0.0444. The molecule has 0 radical (unpaired) electrons. The van der Waals surface area contributed by atoms with Crippen molar-refractivity contribution in [1.82, 2.24) is 10.2 Å². The van der Waals surface area contributed by atoms with E-state index < -0.39 is 0 Å². The van der Waals surface area contributed by atoms with Gasteiger partial charge in [-0.3, -0.25) is 4.79 Å². The summed E-state index contributed by atoms with van der Waals surface area (Å²) in [5.74, 6) is 0.365. The van der Waals surface area contributed by atoms with Gasteiger partial charge in [0, 0.05) is 25.6 Å². The van der Waals surface area contributed by atoms with Gasteiger partial charge in [0.2, 0.25) is 5.91 Å². The normalized spacial score (nSPS) is 31.5. The molecule has 2 heterocycles. The van der Waals surface area contributed by atoms with E-state index in [4.69, 9.17) is 4.74 Å². The number of ether oxygens (including phenoxy) is 1. The number of morpholine rings is 1. The van der Waals surface area contributed by atoms with Crippen LogP contribution in [0.4, 0.5) is 0 Å². The summed E-state index contributed by atoms with van der Waals surface area (Å²) < 4.78 is 5.50. The molecule has 1 unspecified atom stereocenters. The second-order valence-electron chi connectivity index (χ2n) is 4.92. The molecule has 4 nitrogen and oxygen atoms in total. The van der Waals surface area contributed by atoms with E-state index in [1.165, 1.54) is 0 Å². The van der Waals surface area contributed by atoms with E-state index in [9.17, 15) is 4.79 Å². The summed E-state index contributed by atoms with van der Waals surface area (Å²) in [6.45, 7) is 8.03. The molecule has 4 heteroatoms. The number of rotatable bonds is 1. The van der Waals surface area contributed by atoms with Crippen LogP contribution >= 0.6 is 0 Å². The second-order valence-corrected chi connectivity index (χ2v) is 4.92. The first-order chi connectivity index (χ1) is 7.13. The summed E-state index contributed by atoms with van der Waals surface area (Å²) in [5.41, 5.74) is 0.0444. The van der Waals surface area contributed by atoms with Gasteiger partial charge in [-0.1, -0.05) is 13.8 Å². The smallest absolute Gasteiger partial charge is 0.225 e. The number of likely N-dealkylation sites (tertiary alicyclic amines) is 1. The van der Waals surface area contributed by atoms with Crippen LogP contribution < -0.4 is 5.32 Å². The lowest BCUT2D eigenvalue weighted by Gasteiger charge is -2.34. The van der Waals surface area contributed by atoms with Crippen molar-refractivity contribution in [3.8, 4) is 0 Å². The summed E-state index contributed by atoms with van der Waals surface area (Å²) >= 11 is 0. The lowest BCUT2D eigenvalue weighted by atomic mass is 9.99. The summed E-state index contributed by atoms with van der Waals surface area (Å²) in [4.78, 5) is 13.8. The Labute approximate surface area is 91.0 Å². The van der Waals surface area contributed by atoms with Crippen molar-refractivity contribution in [3.63, 3.8) is 0 Å². The van der Waals surface area contributed by atoms with Gasteiger partial charge in [-0.25, -0.2) is 0 Å². The average Bonchev–Trinajstić information content (AvgIpc) is 2.62. The quantitative estimate of drug-likeness (QED) is 0.676. The van der Waals surface area contributed by atoms with Crippen LogP contribution in [0.25, 0.3) is 0 Å². The van der Waals surface area contributed by atoms with Gasteiger partial charge >= 0.3 is 0 Å². The highest BCUT2D eigenvalue weighted by molar-refractivity contribution is 5.78. The third kappa shape index (κ3) is 2.16. The van der Waals surface area contributed by atoms with Crippen LogP contribution in [0, 0.1) is 5.92 Å². The maximum absolute atomic E-state index is 11.8. The highest BCUT2D eigenvalue weighted by atomic mass is 16.5. The molecule has 1 atom stereocenters. The van der Waals surface area contributed by atoms with Gasteiger partial charge < -0.3 is 15.0 Å². The van der Waals surface area contributed by atoms with Gasteiger partial charge in [-0.15, -0.1) is 0 Å². The van der Waals surface area contributed by atoms with E-state index in [-0.39, 0.29) is 17.4 Å². The molecule has 2 rings (SSSR count). The molecule has 2 aliphatic rings. The number of hydrogen-bond acceptors (Lipinski definition) is 3. The summed E-state index contributed by atoms with van der Waals surface area (Å²) in [7, 11) is 0. The largest absolute Gasteiger partial charge is 0.378 e. The highest BCUT2D eigenvalue weighted by Gasteiger charge is 2.41. The van der Waals surface area contributed by atoms with Crippen LogP contribution in [0.1, 0.15) is 20.3 Å². The van der Waals surface area contributed by atoms with Crippen LogP contribution in [0.2, 0.25) is 0 Å². The zero-order valence-electron chi connectivity index (χ0n) is 9.58. The first-order valence-electron chi connectivity index (χ1n) is 5.75. The van der Waals surface area contributed by atoms with E-state index >= 15 is 0 Å². The van der Waals surface area contributed by atoms with Crippen LogP contribution in [0.15, 0.2) is 0 Å². The Balaban J connectivity index is 1.96. The number of carbonyl (C=O) groups excluding carboxylic acids is 1. The van der Waals surface area contributed by atoms with Gasteiger partial charge in [-0.05, 0) is 6.42 Å². The molecule has 2 saturated heterocycles. The maximum Gasteiger partial charge on any atom is 0.225 e. The molecule has 0 aromatic rings. The van der Waals surface area contributed by atoms with Crippen LogP contribution in [0.3, 0.4) is 0 Å². The van der Waals surface area contributed by atoms with Gasteiger partial charge in [0.05, 0.1) is 18.8 Å². The van der Waals surface area contributed by atoms with Crippen LogP contribution in [-0.4, -0.2) is 49.2 Å². The zero-order chi connectivity index (χ0) is 10.9. The van der Waals surface area contributed by atoms with Gasteiger partial charge in [0.1, 0.15) is 0 Å². The van der Waals surface area contributed by atoms with Crippen molar-refractivity contribution in [2.24, 2.45) is 5.92 Å². The van der Waals surface area contributed by atoms with Crippen molar-refractivity contribution in [3.05, 3.63) is 0 Å². The molecule has 0 saturated carbocycles. The van der Waals surface area contributed by atoms with E-state index in [1.807, 2.05) is 18.7 Å². The lowest BCUT2D eigenvalue weighted by Crippen LogP contribution is -2.56. The summed E-state index contributed by atoms with van der Waals surface area (Å²) in [6.07, 6.45) is 1.02. The predicted molar refractivity (Wildman–Crippen MR) is 57.6 cm³/mol. The molecule has 0 aromatic carbocycles. The second kappa shape index (κ2) is 4.10. The summed E-state index contributed by atoms with van der Waals surface area (Å²) in [5, 5.41) is 3.50. The molecule has 1 N–H and O–H groups in total. The Morgan fingerprint density at radius 3 is 2.93 bits per heavy atom. The third-order valence-electron chi connectivity index (χ3n) is 3.28. The monoisotopic (exact) mass is 212 g/mol. The first-order valence-corrected chi connectivity index (χ1v) is 5.75. The fraction of sp³-hybridized carbons (Fsp3) is 0.909. The fourth-order valence-corrected chi connectivity index (χ4v) is 2.39. The van der Waals surface area contributed by atoms with Crippen molar-refractivity contribution < 1.29 is 9.53 Å². The van der Waals surface area contributed by atoms with E-state index in [2.05, 4.69) is 5.32 Å². The molecule has 1 amide bonds. The number of carbonyl (C=O) groups is 1.